The van der Waals surface area contributed by atoms with Crippen LogP contribution in [-0.4, -0.2) is 0 Å². The molecular formula is C32H60S. The summed E-state index contributed by atoms with van der Waals surface area (Å²) < 4.78 is 0. The van der Waals surface area contributed by atoms with Gasteiger partial charge in [0.05, 0.1) is 0 Å². The van der Waals surface area contributed by atoms with Crippen LogP contribution in [0.1, 0.15) is 179 Å². The van der Waals surface area contributed by atoms with Gasteiger partial charge in [0.1, 0.15) is 0 Å². The highest BCUT2D eigenvalue weighted by Gasteiger charge is 2.04. The van der Waals surface area contributed by atoms with E-state index in [1.807, 2.05) is 11.3 Å². The second kappa shape index (κ2) is 24.8. The molecule has 0 N–H and O–H groups in total. The van der Waals surface area contributed by atoms with Crippen molar-refractivity contribution in [3.63, 3.8) is 0 Å². The van der Waals surface area contributed by atoms with E-state index in [1.54, 1.807) is 11.1 Å². The van der Waals surface area contributed by atoms with Crippen LogP contribution in [0, 0.1) is 0 Å². The van der Waals surface area contributed by atoms with E-state index in [1.165, 1.54) is 167 Å². The lowest BCUT2D eigenvalue weighted by Crippen LogP contribution is -1.92. The van der Waals surface area contributed by atoms with Gasteiger partial charge >= 0.3 is 0 Å². The topological polar surface area (TPSA) is 0 Å². The molecule has 1 aromatic rings. The summed E-state index contributed by atoms with van der Waals surface area (Å²) in [5, 5.41) is 4.88. The monoisotopic (exact) mass is 476 g/mol. The number of rotatable bonds is 26. The van der Waals surface area contributed by atoms with Gasteiger partial charge in [0.25, 0.3) is 0 Å². The number of aryl methyl sites for hydroxylation is 2. The summed E-state index contributed by atoms with van der Waals surface area (Å²) >= 11 is 1.93. The third kappa shape index (κ3) is 19.7. The summed E-state index contributed by atoms with van der Waals surface area (Å²) in [5.74, 6) is 0. The Labute approximate surface area is 213 Å². The summed E-state index contributed by atoms with van der Waals surface area (Å²) in [6.07, 6.45) is 37.4. The average molecular weight is 477 g/mol. The Balaban J connectivity index is 1.89. The van der Waals surface area contributed by atoms with E-state index in [-0.39, 0.29) is 0 Å². The first-order chi connectivity index (χ1) is 16.4. The molecule has 0 saturated carbocycles. The van der Waals surface area contributed by atoms with Crippen molar-refractivity contribution in [1.82, 2.24) is 0 Å². The molecule has 194 valence electrons. The van der Waals surface area contributed by atoms with Gasteiger partial charge in [0, 0.05) is 0 Å². The van der Waals surface area contributed by atoms with Gasteiger partial charge in [0.2, 0.25) is 0 Å². The molecule has 1 rings (SSSR count). The van der Waals surface area contributed by atoms with Crippen LogP contribution in [0.4, 0.5) is 0 Å². The van der Waals surface area contributed by atoms with E-state index in [2.05, 4.69) is 24.6 Å². The minimum absolute atomic E-state index is 1.33. The predicted molar refractivity (Wildman–Crippen MR) is 154 cm³/mol. The molecule has 0 saturated heterocycles. The van der Waals surface area contributed by atoms with E-state index >= 15 is 0 Å². The summed E-state index contributed by atoms with van der Waals surface area (Å²) in [6, 6.07) is 0. The molecule has 0 aliphatic carbocycles. The summed E-state index contributed by atoms with van der Waals surface area (Å²) in [5.41, 5.74) is 3.35. The van der Waals surface area contributed by atoms with E-state index in [4.69, 9.17) is 0 Å². The van der Waals surface area contributed by atoms with Crippen molar-refractivity contribution >= 4 is 11.3 Å². The molecule has 0 fully saturated rings. The Morgan fingerprint density at radius 2 is 0.606 bits per heavy atom. The molecule has 0 spiro atoms. The van der Waals surface area contributed by atoms with E-state index < -0.39 is 0 Å². The fourth-order valence-electron chi connectivity index (χ4n) is 5.10. The van der Waals surface area contributed by atoms with Crippen molar-refractivity contribution in [2.24, 2.45) is 0 Å². The van der Waals surface area contributed by atoms with Gasteiger partial charge < -0.3 is 0 Å². The highest BCUT2D eigenvalue weighted by Crippen LogP contribution is 2.21. The lowest BCUT2D eigenvalue weighted by molar-refractivity contribution is 0.542. The zero-order valence-corrected chi connectivity index (χ0v) is 23.8. The van der Waals surface area contributed by atoms with Crippen LogP contribution in [0.5, 0.6) is 0 Å². The van der Waals surface area contributed by atoms with Gasteiger partial charge in [-0.05, 0) is 47.6 Å². The fourth-order valence-corrected chi connectivity index (χ4v) is 6.04. The highest BCUT2D eigenvalue weighted by atomic mass is 32.1. The first-order valence-corrected chi connectivity index (χ1v) is 16.4. The standard InChI is InChI=1S/C32H60S/c1-3-5-7-9-11-13-15-17-19-21-23-25-27-31-29-33-30-32(31)28-26-24-22-20-18-16-14-12-10-8-6-4-2/h29-30H,3-28H2,1-2H3. The normalized spacial score (nSPS) is 11.5. The zero-order valence-electron chi connectivity index (χ0n) is 22.9. The molecule has 1 heterocycles. The minimum Gasteiger partial charge on any atom is -0.152 e. The van der Waals surface area contributed by atoms with Crippen molar-refractivity contribution in [2.45, 2.75) is 181 Å². The van der Waals surface area contributed by atoms with Crippen molar-refractivity contribution in [3.05, 3.63) is 21.9 Å². The second-order valence-electron chi connectivity index (χ2n) is 10.7. The molecule has 1 aromatic heterocycles. The lowest BCUT2D eigenvalue weighted by atomic mass is 9.99. The van der Waals surface area contributed by atoms with Crippen LogP contribution in [0.2, 0.25) is 0 Å². The van der Waals surface area contributed by atoms with Gasteiger partial charge in [-0.3, -0.25) is 0 Å². The Morgan fingerprint density at radius 3 is 0.879 bits per heavy atom. The Hall–Kier alpha value is -0.300. The highest BCUT2D eigenvalue weighted by molar-refractivity contribution is 7.08. The van der Waals surface area contributed by atoms with Crippen molar-refractivity contribution in [3.8, 4) is 0 Å². The second-order valence-corrected chi connectivity index (χ2v) is 11.4. The third-order valence-corrected chi connectivity index (χ3v) is 8.27. The number of hydrogen-bond acceptors (Lipinski definition) is 1. The first kappa shape index (κ1) is 30.7. The molecule has 0 aliphatic rings. The molecule has 0 amide bonds. The fraction of sp³-hybridized carbons (Fsp3) is 0.875. The minimum atomic E-state index is 1.33. The van der Waals surface area contributed by atoms with Crippen molar-refractivity contribution in [2.75, 3.05) is 0 Å². The first-order valence-electron chi connectivity index (χ1n) is 15.4. The number of unbranched alkanes of at least 4 members (excludes halogenated alkanes) is 22. The number of thiophene rings is 1. The van der Waals surface area contributed by atoms with Gasteiger partial charge in [0.15, 0.2) is 0 Å². The van der Waals surface area contributed by atoms with Crippen LogP contribution >= 0.6 is 11.3 Å². The maximum Gasteiger partial charge on any atom is -0.00584 e. The van der Waals surface area contributed by atoms with Crippen LogP contribution in [-0.2, 0) is 12.8 Å². The number of hydrogen-bond donors (Lipinski definition) is 0. The molecule has 0 nitrogen and oxygen atoms in total. The summed E-state index contributed by atoms with van der Waals surface area (Å²) in [4.78, 5) is 0. The van der Waals surface area contributed by atoms with E-state index in [9.17, 15) is 0 Å². The molecule has 33 heavy (non-hydrogen) atoms. The van der Waals surface area contributed by atoms with Crippen molar-refractivity contribution in [1.29, 1.82) is 0 Å². The molecular weight excluding hydrogens is 416 g/mol. The van der Waals surface area contributed by atoms with Gasteiger partial charge in [-0.1, -0.05) is 155 Å². The van der Waals surface area contributed by atoms with Crippen LogP contribution in [0.3, 0.4) is 0 Å². The lowest BCUT2D eigenvalue weighted by Gasteiger charge is -2.06. The zero-order chi connectivity index (χ0) is 23.7. The molecule has 1 heteroatoms. The molecule has 0 aromatic carbocycles. The third-order valence-electron chi connectivity index (χ3n) is 7.43. The Morgan fingerprint density at radius 1 is 0.364 bits per heavy atom. The Bertz CT molecular complexity index is 446. The van der Waals surface area contributed by atoms with Crippen LogP contribution in [0.25, 0.3) is 0 Å². The smallest absolute Gasteiger partial charge is 0.00584 e. The predicted octanol–water partition coefficient (Wildman–Crippen LogP) is 12.2. The van der Waals surface area contributed by atoms with Crippen LogP contribution in [0.15, 0.2) is 10.8 Å². The summed E-state index contributed by atoms with van der Waals surface area (Å²) in [6.45, 7) is 4.61. The molecule has 0 atom stereocenters. The maximum absolute atomic E-state index is 2.44. The van der Waals surface area contributed by atoms with Crippen LogP contribution < -0.4 is 0 Å². The summed E-state index contributed by atoms with van der Waals surface area (Å²) in [7, 11) is 0. The Kier molecular flexibility index (Phi) is 23.1. The van der Waals surface area contributed by atoms with Gasteiger partial charge in [-0.15, -0.1) is 0 Å². The van der Waals surface area contributed by atoms with E-state index in [0.29, 0.717) is 0 Å². The quantitative estimate of drug-likeness (QED) is 0.117. The van der Waals surface area contributed by atoms with Crippen molar-refractivity contribution < 1.29 is 0 Å². The van der Waals surface area contributed by atoms with Gasteiger partial charge in [-0.2, -0.15) is 11.3 Å². The molecule has 0 aliphatic heterocycles. The SMILES string of the molecule is CCCCCCCCCCCCCCc1cscc1CCCCCCCCCCCCCC. The maximum atomic E-state index is 2.44. The molecule has 0 radical (unpaired) electrons. The molecule has 0 bridgehead atoms. The average Bonchev–Trinajstić information content (AvgIpc) is 3.27. The molecule has 0 unspecified atom stereocenters. The van der Waals surface area contributed by atoms with E-state index in [0.717, 1.165) is 0 Å². The van der Waals surface area contributed by atoms with Gasteiger partial charge in [-0.25, -0.2) is 0 Å². The largest absolute Gasteiger partial charge is 0.152 e.